The molecule has 0 radical (unpaired) electrons. The van der Waals surface area contributed by atoms with E-state index in [4.69, 9.17) is 5.73 Å². The van der Waals surface area contributed by atoms with E-state index in [-0.39, 0.29) is 17.9 Å². The number of aromatic nitrogens is 3. The van der Waals surface area contributed by atoms with Crippen LogP contribution in [0, 0.1) is 5.92 Å². The SMILES string of the molecule is NCCN1C(=O)CC[C@H]2CN(C(=O)CCCn3cncn3)CC[C@H]21. The van der Waals surface area contributed by atoms with Crippen LogP contribution in [-0.4, -0.2) is 68.6 Å². The fourth-order valence-electron chi connectivity index (χ4n) is 3.91. The van der Waals surface area contributed by atoms with Crippen LogP contribution in [0.2, 0.25) is 0 Å². The number of carbonyl (C=O) groups excluding carboxylic acids is 2. The van der Waals surface area contributed by atoms with Crippen LogP contribution in [0.4, 0.5) is 0 Å². The Bertz CT molecular complexity index is 561. The summed E-state index contributed by atoms with van der Waals surface area (Å²) in [5.74, 6) is 0.812. The summed E-state index contributed by atoms with van der Waals surface area (Å²) < 4.78 is 1.75. The van der Waals surface area contributed by atoms with Gasteiger partial charge in [-0.25, -0.2) is 4.98 Å². The van der Waals surface area contributed by atoms with Gasteiger partial charge in [-0.15, -0.1) is 0 Å². The second-order valence-electron chi connectivity index (χ2n) is 6.63. The Labute approximate surface area is 142 Å². The fraction of sp³-hybridized carbons (Fsp3) is 0.750. The summed E-state index contributed by atoms with van der Waals surface area (Å²) in [6.45, 7) is 3.34. The average molecular weight is 334 g/mol. The maximum Gasteiger partial charge on any atom is 0.222 e. The van der Waals surface area contributed by atoms with Crippen LogP contribution in [-0.2, 0) is 16.1 Å². The van der Waals surface area contributed by atoms with Gasteiger partial charge in [0.1, 0.15) is 12.7 Å². The number of aryl methyl sites for hydroxylation is 1. The van der Waals surface area contributed by atoms with Gasteiger partial charge in [-0.1, -0.05) is 0 Å². The van der Waals surface area contributed by atoms with E-state index in [2.05, 4.69) is 10.1 Å². The van der Waals surface area contributed by atoms with E-state index in [0.717, 1.165) is 32.4 Å². The first-order chi connectivity index (χ1) is 11.7. The first-order valence-corrected chi connectivity index (χ1v) is 8.78. The maximum atomic E-state index is 12.5. The third-order valence-corrected chi connectivity index (χ3v) is 5.11. The lowest BCUT2D eigenvalue weighted by molar-refractivity contribution is -0.144. The molecule has 2 amide bonds. The summed E-state index contributed by atoms with van der Waals surface area (Å²) in [5.41, 5.74) is 5.64. The van der Waals surface area contributed by atoms with E-state index < -0.39 is 0 Å². The van der Waals surface area contributed by atoms with E-state index in [1.807, 2.05) is 9.80 Å². The molecule has 2 atom stereocenters. The lowest BCUT2D eigenvalue weighted by Gasteiger charge is -2.47. The van der Waals surface area contributed by atoms with Crippen molar-refractivity contribution in [3.8, 4) is 0 Å². The summed E-state index contributed by atoms with van der Waals surface area (Å²) in [6, 6.07) is 0.258. The van der Waals surface area contributed by atoms with Crippen LogP contribution in [0.25, 0.3) is 0 Å². The monoisotopic (exact) mass is 334 g/mol. The number of carbonyl (C=O) groups is 2. The van der Waals surface area contributed by atoms with Crippen molar-refractivity contribution in [3.05, 3.63) is 12.7 Å². The number of nitrogens with zero attached hydrogens (tertiary/aromatic N) is 5. The smallest absolute Gasteiger partial charge is 0.222 e. The highest BCUT2D eigenvalue weighted by molar-refractivity contribution is 5.78. The highest BCUT2D eigenvalue weighted by Gasteiger charge is 2.39. The fourth-order valence-corrected chi connectivity index (χ4v) is 3.91. The largest absolute Gasteiger partial charge is 0.342 e. The van der Waals surface area contributed by atoms with Gasteiger partial charge in [0.2, 0.25) is 11.8 Å². The van der Waals surface area contributed by atoms with E-state index in [1.165, 1.54) is 6.33 Å². The lowest BCUT2D eigenvalue weighted by atomic mass is 9.83. The van der Waals surface area contributed by atoms with E-state index in [9.17, 15) is 9.59 Å². The predicted molar refractivity (Wildman–Crippen MR) is 87.7 cm³/mol. The molecule has 0 aromatic carbocycles. The topological polar surface area (TPSA) is 97.3 Å². The summed E-state index contributed by atoms with van der Waals surface area (Å²) >= 11 is 0. The molecule has 0 bridgehead atoms. The van der Waals surface area contributed by atoms with Gasteiger partial charge >= 0.3 is 0 Å². The van der Waals surface area contributed by atoms with Crippen LogP contribution in [0.15, 0.2) is 12.7 Å². The first kappa shape index (κ1) is 16.9. The number of hydrogen-bond donors (Lipinski definition) is 1. The van der Waals surface area contributed by atoms with Crippen LogP contribution in [0.1, 0.15) is 32.1 Å². The molecule has 2 aliphatic rings. The molecule has 3 heterocycles. The second kappa shape index (κ2) is 7.74. The number of likely N-dealkylation sites (tertiary alicyclic amines) is 2. The minimum Gasteiger partial charge on any atom is -0.342 e. The van der Waals surface area contributed by atoms with Crippen molar-refractivity contribution in [2.24, 2.45) is 11.7 Å². The highest BCUT2D eigenvalue weighted by atomic mass is 16.2. The Morgan fingerprint density at radius 3 is 2.96 bits per heavy atom. The van der Waals surface area contributed by atoms with Crippen LogP contribution in [0.3, 0.4) is 0 Å². The van der Waals surface area contributed by atoms with Crippen molar-refractivity contribution >= 4 is 11.8 Å². The molecule has 3 rings (SSSR count). The molecule has 0 aliphatic carbocycles. The standard InChI is InChI=1S/C16H26N6O2/c17-6-9-22-14-5-8-20(10-13(14)3-4-16(22)24)15(23)2-1-7-21-12-18-11-19-21/h11-14H,1-10,17H2/t13-,14+/m0/s1. The molecule has 0 saturated carbocycles. The molecule has 8 nitrogen and oxygen atoms in total. The number of hydrogen-bond acceptors (Lipinski definition) is 5. The molecule has 0 unspecified atom stereocenters. The van der Waals surface area contributed by atoms with Crippen LogP contribution >= 0.6 is 0 Å². The highest BCUT2D eigenvalue weighted by Crippen LogP contribution is 2.31. The molecule has 1 aromatic heterocycles. The molecule has 1 aromatic rings. The average Bonchev–Trinajstić information content (AvgIpc) is 3.10. The third kappa shape index (κ3) is 3.75. The van der Waals surface area contributed by atoms with Gasteiger partial charge in [0.05, 0.1) is 0 Å². The Morgan fingerprint density at radius 1 is 1.33 bits per heavy atom. The number of piperidine rings is 2. The van der Waals surface area contributed by atoms with Crippen molar-refractivity contribution in [2.45, 2.75) is 44.7 Å². The number of amides is 2. The minimum absolute atomic E-state index is 0.204. The number of rotatable bonds is 6. The summed E-state index contributed by atoms with van der Waals surface area (Å²) in [4.78, 5) is 32.4. The van der Waals surface area contributed by atoms with Crippen molar-refractivity contribution in [2.75, 3.05) is 26.2 Å². The van der Waals surface area contributed by atoms with Crippen LogP contribution in [0.5, 0.6) is 0 Å². The first-order valence-electron chi connectivity index (χ1n) is 8.78. The van der Waals surface area contributed by atoms with Gasteiger partial charge in [-0.3, -0.25) is 14.3 Å². The molecule has 2 saturated heterocycles. The Morgan fingerprint density at radius 2 is 2.21 bits per heavy atom. The van der Waals surface area contributed by atoms with Crippen molar-refractivity contribution in [1.82, 2.24) is 24.6 Å². The minimum atomic E-state index is 0.204. The predicted octanol–water partition coefficient (Wildman–Crippen LogP) is -0.143. The molecular weight excluding hydrogens is 308 g/mol. The van der Waals surface area contributed by atoms with Gasteiger partial charge in [0, 0.05) is 51.6 Å². The quantitative estimate of drug-likeness (QED) is 0.781. The second-order valence-corrected chi connectivity index (χ2v) is 6.63. The van der Waals surface area contributed by atoms with Crippen LogP contribution < -0.4 is 5.73 Å². The van der Waals surface area contributed by atoms with Crippen molar-refractivity contribution in [3.63, 3.8) is 0 Å². The third-order valence-electron chi connectivity index (χ3n) is 5.11. The van der Waals surface area contributed by atoms with Crippen molar-refractivity contribution < 1.29 is 9.59 Å². The van der Waals surface area contributed by atoms with Gasteiger partial charge in [-0.2, -0.15) is 5.10 Å². The Kier molecular flexibility index (Phi) is 5.44. The number of nitrogens with two attached hydrogens (primary N) is 1. The molecule has 132 valence electrons. The van der Waals surface area contributed by atoms with Crippen molar-refractivity contribution in [1.29, 1.82) is 0 Å². The van der Waals surface area contributed by atoms with E-state index in [1.54, 1.807) is 11.0 Å². The van der Waals surface area contributed by atoms with E-state index >= 15 is 0 Å². The molecule has 2 N–H and O–H groups in total. The summed E-state index contributed by atoms with van der Waals surface area (Å²) in [6.07, 6.45) is 6.80. The van der Waals surface area contributed by atoms with Gasteiger partial charge < -0.3 is 15.5 Å². The summed E-state index contributed by atoms with van der Waals surface area (Å²) in [5, 5.41) is 4.05. The van der Waals surface area contributed by atoms with Gasteiger partial charge in [0.25, 0.3) is 0 Å². The van der Waals surface area contributed by atoms with Gasteiger partial charge in [-0.05, 0) is 25.2 Å². The molecular formula is C16H26N6O2. The lowest BCUT2D eigenvalue weighted by Crippen LogP contribution is -2.57. The molecule has 24 heavy (non-hydrogen) atoms. The zero-order chi connectivity index (χ0) is 16.9. The Balaban J connectivity index is 1.49. The molecule has 8 heteroatoms. The molecule has 2 aliphatic heterocycles. The van der Waals surface area contributed by atoms with E-state index in [0.29, 0.717) is 38.4 Å². The summed E-state index contributed by atoms with van der Waals surface area (Å²) in [7, 11) is 0. The zero-order valence-electron chi connectivity index (χ0n) is 14.0. The molecule has 0 spiro atoms. The number of fused-ring (bicyclic) bond motifs is 1. The Hall–Kier alpha value is -1.96. The zero-order valence-corrected chi connectivity index (χ0v) is 14.0. The normalized spacial score (nSPS) is 24.1. The maximum absolute atomic E-state index is 12.5. The van der Waals surface area contributed by atoms with Gasteiger partial charge in [0.15, 0.2) is 0 Å². The molecule has 2 fully saturated rings.